The molecule has 8 heteroatoms. The molecule has 2 aliphatic heterocycles. The molecular weight excluding hydrogens is 346 g/mol. The van der Waals surface area contributed by atoms with Gasteiger partial charge in [-0.25, -0.2) is 14.8 Å². The van der Waals surface area contributed by atoms with Gasteiger partial charge in [-0.3, -0.25) is 14.6 Å². The molecule has 0 radical (unpaired) electrons. The summed E-state index contributed by atoms with van der Waals surface area (Å²) in [5, 5.41) is 12.1. The van der Waals surface area contributed by atoms with Crippen LogP contribution in [0.5, 0.6) is 0 Å². The second-order valence-corrected chi connectivity index (χ2v) is 6.71. The number of rotatable bonds is 5. The molecule has 2 aliphatic rings. The van der Waals surface area contributed by atoms with Crippen LogP contribution in [0.25, 0.3) is 0 Å². The highest BCUT2D eigenvalue weighted by Crippen LogP contribution is 2.24. The van der Waals surface area contributed by atoms with Crippen molar-refractivity contribution in [1.29, 1.82) is 0 Å². The Bertz CT molecular complexity index is 868. The first-order valence-electron chi connectivity index (χ1n) is 9.07. The topological polar surface area (TPSA) is 98.7 Å². The lowest BCUT2D eigenvalue weighted by Gasteiger charge is -2.20. The number of fused-ring (bicyclic) bond motifs is 1. The van der Waals surface area contributed by atoms with Crippen LogP contribution in [0.2, 0.25) is 0 Å². The van der Waals surface area contributed by atoms with Crippen LogP contribution in [-0.2, 0) is 24.2 Å². The van der Waals surface area contributed by atoms with Crippen molar-refractivity contribution in [3.63, 3.8) is 0 Å². The van der Waals surface area contributed by atoms with Crippen molar-refractivity contribution in [3.8, 4) is 0 Å². The number of carbonyl (C=O) groups excluding carboxylic acids is 1. The standard InChI is InChI=1S/C19H21N5O3/c25-17(26)6-3-13-1-4-15(5-2-13)23-9-10-24(19(23)27)18-21-11-14-7-8-20-12-16(14)22-18/h1-2,4-5,11,20H,3,6-10,12H2,(H,25,26). The lowest BCUT2D eigenvalue weighted by Crippen LogP contribution is -2.33. The van der Waals surface area contributed by atoms with E-state index in [4.69, 9.17) is 5.11 Å². The summed E-state index contributed by atoms with van der Waals surface area (Å²) in [7, 11) is 0. The summed E-state index contributed by atoms with van der Waals surface area (Å²) in [5.74, 6) is -0.368. The van der Waals surface area contributed by atoms with E-state index in [-0.39, 0.29) is 12.5 Å². The van der Waals surface area contributed by atoms with Crippen LogP contribution < -0.4 is 15.1 Å². The number of carboxylic acid groups (broad SMARTS) is 1. The number of carbonyl (C=O) groups is 2. The molecule has 0 spiro atoms. The van der Waals surface area contributed by atoms with Gasteiger partial charge in [0.05, 0.1) is 5.69 Å². The molecule has 1 aromatic heterocycles. The zero-order valence-corrected chi connectivity index (χ0v) is 14.9. The van der Waals surface area contributed by atoms with Gasteiger partial charge in [-0.05, 0) is 42.6 Å². The maximum Gasteiger partial charge on any atom is 0.331 e. The van der Waals surface area contributed by atoms with Crippen LogP contribution in [0.1, 0.15) is 23.2 Å². The minimum Gasteiger partial charge on any atom is -0.481 e. The van der Waals surface area contributed by atoms with Crippen molar-refractivity contribution in [2.75, 3.05) is 29.4 Å². The number of aromatic nitrogens is 2. The zero-order chi connectivity index (χ0) is 18.8. The summed E-state index contributed by atoms with van der Waals surface area (Å²) >= 11 is 0. The number of nitrogens with one attached hydrogen (secondary N) is 1. The van der Waals surface area contributed by atoms with E-state index in [0.29, 0.717) is 32.0 Å². The third kappa shape index (κ3) is 3.61. The van der Waals surface area contributed by atoms with Gasteiger partial charge in [-0.2, -0.15) is 0 Å². The van der Waals surface area contributed by atoms with E-state index in [1.807, 2.05) is 30.5 Å². The summed E-state index contributed by atoms with van der Waals surface area (Å²) in [5.41, 5.74) is 3.83. The van der Waals surface area contributed by atoms with Crippen molar-refractivity contribution in [2.24, 2.45) is 0 Å². The Morgan fingerprint density at radius 2 is 1.96 bits per heavy atom. The lowest BCUT2D eigenvalue weighted by atomic mass is 10.1. The van der Waals surface area contributed by atoms with Crippen LogP contribution in [-0.4, -0.2) is 46.7 Å². The number of urea groups is 1. The molecule has 3 heterocycles. The van der Waals surface area contributed by atoms with E-state index >= 15 is 0 Å². The fourth-order valence-corrected chi connectivity index (χ4v) is 3.41. The van der Waals surface area contributed by atoms with Gasteiger partial charge in [-0.1, -0.05) is 12.1 Å². The van der Waals surface area contributed by atoms with E-state index in [1.165, 1.54) is 0 Å². The average molecular weight is 367 g/mol. The molecule has 140 valence electrons. The van der Waals surface area contributed by atoms with Crippen molar-refractivity contribution in [2.45, 2.75) is 25.8 Å². The molecule has 8 nitrogen and oxygen atoms in total. The second-order valence-electron chi connectivity index (χ2n) is 6.71. The Kier molecular flexibility index (Phi) is 4.72. The van der Waals surface area contributed by atoms with Gasteiger partial charge in [-0.15, -0.1) is 0 Å². The molecule has 0 atom stereocenters. The predicted molar refractivity (Wildman–Crippen MR) is 99.9 cm³/mol. The molecular formula is C19H21N5O3. The lowest BCUT2D eigenvalue weighted by molar-refractivity contribution is -0.136. The first kappa shape index (κ1) is 17.4. The molecule has 2 aromatic rings. The Balaban J connectivity index is 1.48. The first-order chi connectivity index (χ1) is 13.1. The average Bonchev–Trinajstić information content (AvgIpc) is 3.08. The highest BCUT2D eigenvalue weighted by atomic mass is 16.4. The van der Waals surface area contributed by atoms with Crippen LogP contribution in [0.15, 0.2) is 30.5 Å². The molecule has 1 saturated heterocycles. The summed E-state index contributed by atoms with van der Waals surface area (Å²) in [6.07, 6.45) is 3.31. The molecule has 27 heavy (non-hydrogen) atoms. The molecule has 2 amide bonds. The number of hydrogen-bond acceptors (Lipinski definition) is 5. The van der Waals surface area contributed by atoms with Gasteiger partial charge in [0.1, 0.15) is 0 Å². The highest BCUT2D eigenvalue weighted by Gasteiger charge is 2.32. The zero-order valence-electron chi connectivity index (χ0n) is 14.9. The maximum absolute atomic E-state index is 12.9. The smallest absolute Gasteiger partial charge is 0.331 e. The number of aryl methyl sites for hydroxylation is 1. The fourth-order valence-electron chi connectivity index (χ4n) is 3.41. The van der Waals surface area contributed by atoms with Crippen molar-refractivity contribution in [1.82, 2.24) is 15.3 Å². The van der Waals surface area contributed by atoms with Gasteiger partial charge in [0.25, 0.3) is 0 Å². The Morgan fingerprint density at radius 3 is 2.74 bits per heavy atom. The Morgan fingerprint density at radius 1 is 1.19 bits per heavy atom. The second kappa shape index (κ2) is 7.32. The van der Waals surface area contributed by atoms with Crippen molar-refractivity contribution in [3.05, 3.63) is 47.3 Å². The SMILES string of the molecule is O=C(O)CCc1ccc(N2CCN(c3ncc4c(n3)CNCC4)C2=O)cc1. The quantitative estimate of drug-likeness (QED) is 0.833. The van der Waals surface area contributed by atoms with Crippen molar-refractivity contribution >= 4 is 23.6 Å². The summed E-state index contributed by atoms with van der Waals surface area (Å²) in [6.45, 7) is 2.72. The molecule has 0 aliphatic carbocycles. The maximum atomic E-state index is 12.9. The van der Waals surface area contributed by atoms with E-state index < -0.39 is 5.97 Å². The molecule has 2 N–H and O–H groups in total. The van der Waals surface area contributed by atoms with Gasteiger partial charge in [0.2, 0.25) is 5.95 Å². The van der Waals surface area contributed by atoms with Gasteiger partial charge in [0, 0.05) is 37.9 Å². The normalized spacial score (nSPS) is 16.5. The molecule has 4 rings (SSSR count). The van der Waals surface area contributed by atoms with E-state index in [1.54, 1.807) is 9.80 Å². The minimum atomic E-state index is -0.815. The van der Waals surface area contributed by atoms with Gasteiger partial charge >= 0.3 is 12.0 Å². The Labute approximate surface area is 156 Å². The van der Waals surface area contributed by atoms with E-state index in [0.717, 1.165) is 35.5 Å². The molecule has 1 fully saturated rings. The largest absolute Gasteiger partial charge is 0.481 e. The fraction of sp³-hybridized carbons (Fsp3) is 0.368. The molecule has 0 bridgehead atoms. The molecule has 0 saturated carbocycles. The van der Waals surface area contributed by atoms with Crippen LogP contribution in [0, 0.1) is 0 Å². The van der Waals surface area contributed by atoms with E-state index in [2.05, 4.69) is 15.3 Å². The number of nitrogens with zero attached hydrogens (tertiary/aromatic N) is 4. The monoisotopic (exact) mass is 367 g/mol. The third-order valence-corrected chi connectivity index (χ3v) is 4.93. The summed E-state index contributed by atoms with van der Waals surface area (Å²) in [4.78, 5) is 35.8. The third-order valence-electron chi connectivity index (χ3n) is 4.93. The number of hydrogen-bond donors (Lipinski definition) is 2. The number of anilines is 2. The number of benzene rings is 1. The summed E-state index contributed by atoms with van der Waals surface area (Å²) < 4.78 is 0. The van der Waals surface area contributed by atoms with Crippen LogP contribution in [0.4, 0.5) is 16.4 Å². The highest BCUT2D eigenvalue weighted by molar-refractivity contribution is 6.05. The van der Waals surface area contributed by atoms with Crippen LogP contribution in [0.3, 0.4) is 0 Å². The van der Waals surface area contributed by atoms with Crippen LogP contribution >= 0.6 is 0 Å². The van der Waals surface area contributed by atoms with Gasteiger partial charge < -0.3 is 10.4 Å². The molecule has 1 aromatic carbocycles. The van der Waals surface area contributed by atoms with E-state index in [9.17, 15) is 9.59 Å². The Hall–Kier alpha value is -3.00. The number of aliphatic carboxylic acids is 1. The predicted octanol–water partition coefficient (Wildman–Crippen LogP) is 1.59. The number of carboxylic acids is 1. The minimum absolute atomic E-state index is 0.0975. The summed E-state index contributed by atoms with van der Waals surface area (Å²) in [6, 6.07) is 7.31. The number of amides is 2. The molecule has 0 unspecified atom stereocenters. The van der Waals surface area contributed by atoms with Crippen molar-refractivity contribution < 1.29 is 14.7 Å². The van der Waals surface area contributed by atoms with Gasteiger partial charge in [0.15, 0.2) is 0 Å². The first-order valence-corrected chi connectivity index (χ1v) is 9.07.